The van der Waals surface area contributed by atoms with Crippen LogP contribution >= 0.6 is 46.8 Å². The molecule has 0 amide bonds. The summed E-state index contributed by atoms with van der Waals surface area (Å²) in [5, 5.41) is 0.915. The Balaban J connectivity index is 3.10. The predicted octanol–water partition coefficient (Wildman–Crippen LogP) is 3.99. The highest BCUT2D eigenvalue weighted by Crippen LogP contribution is 2.37. The Bertz CT molecular complexity index is 376. The van der Waals surface area contributed by atoms with Gasteiger partial charge in [0, 0.05) is 11.9 Å². The predicted molar refractivity (Wildman–Crippen MR) is 55.5 cm³/mol. The maximum absolute atomic E-state index is 9.83. The first-order valence-electron chi connectivity index (χ1n) is 3.04. The molecule has 0 fully saturated rings. The van der Waals surface area contributed by atoms with E-state index in [2.05, 4.69) is 4.40 Å². The monoisotopic (exact) mass is 253 g/mol. The van der Waals surface area contributed by atoms with E-state index in [1.165, 1.54) is 6.08 Å². The third-order valence-electron chi connectivity index (χ3n) is 1.18. The van der Waals surface area contributed by atoms with Crippen LogP contribution in [-0.4, -0.2) is 6.08 Å². The van der Waals surface area contributed by atoms with Crippen molar-refractivity contribution >= 4 is 52.8 Å². The van der Waals surface area contributed by atoms with E-state index in [1.807, 2.05) is 0 Å². The third-order valence-corrected chi connectivity index (χ3v) is 3.29. The van der Waals surface area contributed by atoms with Crippen molar-refractivity contribution in [2.24, 2.45) is 4.40 Å². The first kappa shape index (κ1) is 10.9. The minimum atomic E-state index is 0.259. The molecule has 0 saturated carbocycles. The molecule has 0 bridgehead atoms. The summed E-state index contributed by atoms with van der Waals surface area (Å²) in [5.41, 5.74) is 0. The lowest BCUT2D eigenvalue weighted by Crippen LogP contribution is -1.75. The highest BCUT2D eigenvalue weighted by molar-refractivity contribution is 7.98. The Morgan fingerprint density at radius 2 is 1.92 bits per heavy atom. The van der Waals surface area contributed by atoms with E-state index in [-0.39, 0.29) is 10.0 Å². The Kier molecular flexibility index (Phi) is 4.10. The van der Waals surface area contributed by atoms with Crippen molar-refractivity contribution in [3.8, 4) is 0 Å². The first-order valence-corrected chi connectivity index (χ1v) is 4.95. The quantitative estimate of drug-likeness (QED) is 0.346. The summed E-state index contributed by atoms with van der Waals surface area (Å²) in [7, 11) is 0. The summed E-state index contributed by atoms with van der Waals surface area (Å²) in [6, 6.07) is 3.21. The number of carbonyl (C=O) groups excluding carboxylic acids is 1. The van der Waals surface area contributed by atoms with Gasteiger partial charge in [0.2, 0.25) is 6.08 Å². The van der Waals surface area contributed by atoms with Gasteiger partial charge in [-0.3, -0.25) is 0 Å². The molecule has 1 rings (SSSR count). The zero-order valence-electron chi connectivity index (χ0n) is 6.05. The van der Waals surface area contributed by atoms with Gasteiger partial charge in [-0.05, 0) is 12.1 Å². The SMILES string of the molecule is O=C=NSc1ccc(Cl)c(Cl)c1Cl. The molecule has 1 aromatic rings. The van der Waals surface area contributed by atoms with Crippen LogP contribution in [-0.2, 0) is 4.79 Å². The van der Waals surface area contributed by atoms with Crippen LogP contribution in [0.5, 0.6) is 0 Å². The normalized spacial score (nSPS) is 9.46. The molecule has 6 heteroatoms. The van der Waals surface area contributed by atoms with Crippen molar-refractivity contribution in [3.63, 3.8) is 0 Å². The fourth-order valence-electron chi connectivity index (χ4n) is 0.646. The lowest BCUT2D eigenvalue weighted by atomic mass is 10.4. The highest BCUT2D eigenvalue weighted by atomic mass is 35.5. The van der Waals surface area contributed by atoms with Crippen molar-refractivity contribution in [1.29, 1.82) is 0 Å². The molecule has 0 N–H and O–H groups in total. The van der Waals surface area contributed by atoms with Crippen LogP contribution in [0.25, 0.3) is 0 Å². The molecule has 13 heavy (non-hydrogen) atoms. The van der Waals surface area contributed by atoms with Crippen molar-refractivity contribution in [2.75, 3.05) is 0 Å². The standard InChI is InChI=1S/C7H2Cl3NOS/c8-4-1-2-5(13-11-3-12)7(10)6(4)9/h1-2H. The Hall–Kier alpha value is -0.180. The number of hydrogen-bond acceptors (Lipinski definition) is 3. The molecule has 0 spiro atoms. The second-order valence-electron chi connectivity index (χ2n) is 1.95. The van der Waals surface area contributed by atoms with Crippen LogP contribution in [0.3, 0.4) is 0 Å². The second-order valence-corrected chi connectivity index (χ2v) is 3.92. The summed E-state index contributed by atoms with van der Waals surface area (Å²) in [6.45, 7) is 0. The van der Waals surface area contributed by atoms with Gasteiger partial charge < -0.3 is 0 Å². The molecular weight excluding hydrogens is 253 g/mol. The smallest absolute Gasteiger partial charge is 0.210 e. The zero-order valence-corrected chi connectivity index (χ0v) is 9.14. The molecule has 0 atom stereocenters. The van der Waals surface area contributed by atoms with E-state index in [0.29, 0.717) is 9.92 Å². The number of benzene rings is 1. The van der Waals surface area contributed by atoms with Gasteiger partial charge in [0.1, 0.15) is 0 Å². The summed E-state index contributed by atoms with van der Waals surface area (Å²) in [5.74, 6) is 0. The molecule has 0 unspecified atom stereocenters. The number of halogens is 3. The second kappa shape index (κ2) is 4.89. The molecule has 0 aliphatic rings. The van der Waals surface area contributed by atoms with E-state index < -0.39 is 0 Å². The molecule has 0 saturated heterocycles. The lowest BCUT2D eigenvalue weighted by molar-refractivity contribution is 0.566. The van der Waals surface area contributed by atoms with Crippen LogP contribution in [0.15, 0.2) is 21.4 Å². The van der Waals surface area contributed by atoms with Crippen molar-refractivity contribution in [1.82, 2.24) is 0 Å². The summed E-state index contributed by atoms with van der Waals surface area (Å²) < 4.78 is 3.30. The molecule has 2 nitrogen and oxygen atoms in total. The van der Waals surface area contributed by atoms with E-state index in [1.54, 1.807) is 12.1 Å². The number of isocyanates is 1. The maximum Gasteiger partial charge on any atom is 0.247 e. The number of nitrogens with zero attached hydrogens (tertiary/aromatic N) is 1. The topological polar surface area (TPSA) is 29.4 Å². The zero-order chi connectivity index (χ0) is 9.84. The van der Waals surface area contributed by atoms with Crippen molar-refractivity contribution in [2.45, 2.75) is 4.90 Å². The Labute approximate surface area is 94.0 Å². The van der Waals surface area contributed by atoms with Crippen LogP contribution in [0, 0.1) is 0 Å². The average molecular weight is 255 g/mol. The minimum absolute atomic E-state index is 0.259. The van der Waals surface area contributed by atoms with Gasteiger partial charge in [0.25, 0.3) is 0 Å². The van der Waals surface area contributed by atoms with Crippen LogP contribution in [0.4, 0.5) is 0 Å². The van der Waals surface area contributed by atoms with E-state index >= 15 is 0 Å². The fourth-order valence-corrected chi connectivity index (χ4v) is 1.79. The molecule has 0 aromatic heterocycles. The van der Waals surface area contributed by atoms with Gasteiger partial charge in [0.05, 0.1) is 20.0 Å². The molecule has 1 aromatic carbocycles. The first-order chi connectivity index (χ1) is 6.16. The summed E-state index contributed by atoms with van der Waals surface area (Å²) in [6.07, 6.45) is 1.38. The van der Waals surface area contributed by atoms with Crippen molar-refractivity contribution < 1.29 is 4.79 Å². The molecule has 0 heterocycles. The van der Waals surface area contributed by atoms with E-state index in [9.17, 15) is 4.79 Å². The van der Waals surface area contributed by atoms with Gasteiger partial charge in [-0.15, -0.1) is 4.40 Å². The summed E-state index contributed by atoms with van der Waals surface area (Å²) >= 11 is 18.1. The van der Waals surface area contributed by atoms with Gasteiger partial charge in [-0.2, -0.15) is 0 Å². The van der Waals surface area contributed by atoms with Gasteiger partial charge in [-0.1, -0.05) is 34.8 Å². The van der Waals surface area contributed by atoms with Gasteiger partial charge in [0.15, 0.2) is 0 Å². The molecule has 0 aliphatic heterocycles. The van der Waals surface area contributed by atoms with Crippen molar-refractivity contribution in [3.05, 3.63) is 27.2 Å². The maximum atomic E-state index is 9.83. The highest BCUT2D eigenvalue weighted by Gasteiger charge is 2.08. The third kappa shape index (κ3) is 2.63. The van der Waals surface area contributed by atoms with Crippen LogP contribution in [0.1, 0.15) is 0 Å². The number of rotatable bonds is 2. The van der Waals surface area contributed by atoms with E-state index in [0.717, 1.165) is 11.9 Å². The summed E-state index contributed by atoms with van der Waals surface area (Å²) in [4.78, 5) is 10.4. The minimum Gasteiger partial charge on any atom is -0.210 e. The average Bonchev–Trinajstić information content (AvgIpc) is 2.13. The van der Waals surface area contributed by atoms with Crippen LogP contribution in [0.2, 0.25) is 15.1 Å². The molecule has 68 valence electrons. The van der Waals surface area contributed by atoms with Gasteiger partial charge in [-0.25, -0.2) is 4.79 Å². The lowest BCUT2D eigenvalue weighted by Gasteiger charge is -2.01. The largest absolute Gasteiger partial charge is 0.247 e. The van der Waals surface area contributed by atoms with Crippen LogP contribution < -0.4 is 0 Å². The number of hydrogen-bond donors (Lipinski definition) is 0. The molecular formula is C7H2Cl3NOS. The van der Waals surface area contributed by atoms with Gasteiger partial charge >= 0.3 is 0 Å². The molecule has 0 radical (unpaired) electrons. The fraction of sp³-hybridized carbons (Fsp3) is 0. The Morgan fingerprint density at radius 1 is 1.23 bits per heavy atom. The van der Waals surface area contributed by atoms with E-state index in [4.69, 9.17) is 34.8 Å². The molecule has 0 aliphatic carbocycles. The Morgan fingerprint density at radius 3 is 2.54 bits per heavy atom.